The highest BCUT2D eigenvalue weighted by Gasteiger charge is 2.20. The van der Waals surface area contributed by atoms with Crippen molar-refractivity contribution in [2.75, 3.05) is 19.7 Å². The van der Waals surface area contributed by atoms with E-state index in [1.807, 2.05) is 4.90 Å². The molecule has 1 aliphatic heterocycles. The zero-order valence-electron chi connectivity index (χ0n) is 10.9. The Bertz CT molecular complexity index is 208. The van der Waals surface area contributed by atoms with Crippen molar-refractivity contribution in [1.29, 1.82) is 0 Å². The van der Waals surface area contributed by atoms with Crippen molar-refractivity contribution in [3.8, 4) is 0 Å². The molecule has 1 heterocycles. The first kappa shape index (κ1) is 13.5. The molecule has 0 aliphatic carbocycles. The van der Waals surface area contributed by atoms with Gasteiger partial charge in [-0.1, -0.05) is 13.8 Å². The minimum Gasteiger partial charge on any atom is -0.378 e. The van der Waals surface area contributed by atoms with Crippen LogP contribution >= 0.6 is 0 Å². The third-order valence-corrected chi connectivity index (χ3v) is 3.17. The SMILES string of the molecule is CC(=O)N1CCC(OCCCC(C)C)CC1. The molecule has 0 atom stereocenters. The van der Waals surface area contributed by atoms with Gasteiger partial charge >= 0.3 is 0 Å². The Morgan fingerprint density at radius 2 is 2.00 bits per heavy atom. The molecule has 1 rings (SSSR count). The van der Waals surface area contributed by atoms with Crippen molar-refractivity contribution in [3.05, 3.63) is 0 Å². The van der Waals surface area contributed by atoms with Crippen molar-refractivity contribution < 1.29 is 9.53 Å². The topological polar surface area (TPSA) is 29.5 Å². The highest BCUT2D eigenvalue weighted by molar-refractivity contribution is 5.73. The predicted octanol–water partition coefficient (Wildman–Crippen LogP) is 2.45. The molecule has 1 fully saturated rings. The summed E-state index contributed by atoms with van der Waals surface area (Å²) < 4.78 is 5.82. The fraction of sp³-hybridized carbons (Fsp3) is 0.923. The largest absolute Gasteiger partial charge is 0.378 e. The zero-order valence-corrected chi connectivity index (χ0v) is 10.9. The van der Waals surface area contributed by atoms with E-state index in [0.29, 0.717) is 6.10 Å². The number of carbonyl (C=O) groups excluding carboxylic acids is 1. The van der Waals surface area contributed by atoms with Gasteiger partial charge in [0.1, 0.15) is 0 Å². The van der Waals surface area contributed by atoms with E-state index < -0.39 is 0 Å². The van der Waals surface area contributed by atoms with E-state index >= 15 is 0 Å². The Balaban J connectivity index is 2.06. The Kier molecular flexibility index (Phi) is 5.81. The molecule has 0 radical (unpaired) electrons. The summed E-state index contributed by atoms with van der Waals surface area (Å²) in [6.45, 7) is 8.73. The van der Waals surface area contributed by atoms with E-state index in [-0.39, 0.29) is 5.91 Å². The molecular weight excluding hydrogens is 202 g/mol. The molecule has 0 aromatic heterocycles. The number of rotatable bonds is 5. The second-order valence-electron chi connectivity index (χ2n) is 5.11. The number of carbonyl (C=O) groups is 1. The van der Waals surface area contributed by atoms with Gasteiger partial charge in [0.15, 0.2) is 0 Å². The van der Waals surface area contributed by atoms with E-state index in [4.69, 9.17) is 4.74 Å². The van der Waals surface area contributed by atoms with Crippen LogP contribution in [0.3, 0.4) is 0 Å². The van der Waals surface area contributed by atoms with Crippen LogP contribution in [-0.4, -0.2) is 36.6 Å². The lowest BCUT2D eigenvalue weighted by molar-refractivity contribution is -0.131. The second kappa shape index (κ2) is 6.89. The molecule has 1 aliphatic rings. The van der Waals surface area contributed by atoms with Gasteiger partial charge in [0.25, 0.3) is 0 Å². The van der Waals surface area contributed by atoms with E-state index in [1.54, 1.807) is 6.92 Å². The van der Waals surface area contributed by atoms with Gasteiger partial charge in [-0.2, -0.15) is 0 Å². The molecule has 0 aromatic rings. The minimum absolute atomic E-state index is 0.193. The molecule has 0 spiro atoms. The molecule has 1 saturated heterocycles. The maximum absolute atomic E-state index is 11.1. The number of likely N-dealkylation sites (tertiary alicyclic amines) is 1. The smallest absolute Gasteiger partial charge is 0.219 e. The third-order valence-electron chi connectivity index (χ3n) is 3.17. The number of hydrogen-bond donors (Lipinski definition) is 0. The van der Waals surface area contributed by atoms with Crippen LogP contribution < -0.4 is 0 Å². The summed E-state index contributed by atoms with van der Waals surface area (Å²) in [6.07, 6.45) is 4.78. The van der Waals surface area contributed by atoms with E-state index in [1.165, 1.54) is 6.42 Å². The lowest BCUT2D eigenvalue weighted by atomic mass is 10.1. The lowest BCUT2D eigenvalue weighted by Gasteiger charge is -2.31. The highest BCUT2D eigenvalue weighted by Crippen LogP contribution is 2.14. The summed E-state index contributed by atoms with van der Waals surface area (Å²) >= 11 is 0. The fourth-order valence-corrected chi connectivity index (χ4v) is 2.08. The van der Waals surface area contributed by atoms with Crippen molar-refractivity contribution in [2.24, 2.45) is 5.92 Å². The molecule has 0 N–H and O–H groups in total. The number of ether oxygens (including phenoxy) is 1. The number of amides is 1. The van der Waals surface area contributed by atoms with Gasteiger partial charge in [0.2, 0.25) is 5.91 Å². The minimum atomic E-state index is 0.193. The maximum Gasteiger partial charge on any atom is 0.219 e. The monoisotopic (exact) mass is 227 g/mol. The molecular formula is C13H25NO2. The van der Waals surface area contributed by atoms with Crippen LogP contribution in [-0.2, 0) is 9.53 Å². The standard InChI is InChI=1S/C13H25NO2/c1-11(2)5-4-10-16-13-6-8-14(9-7-13)12(3)15/h11,13H,4-10H2,1-3H3. The van der Waals surface area contributed by atoms with Crippen LogP contribution in [0.4, 0.5) is 0 Å². The average molecular weight is 227 g/mol. The fourth-order valence-electron chi connectivity index (χ4n) is 2.08. The van der Waals surface area contributed by atoms with Gasteiger partial charge in [-0.05, 0) is 31.6 Å². The molecule has 3 heteroatoms. The average Bonchev–Trinajstić information content (AvgIpc) is 2.25. The summed E-state index contributed by atoms with van der Waals surface area (Å²) in [6, 6.07) is 0. The molecule has 0 bridgehead atoms. The quantitative estimate of drug-likeness (QED) is 0.675. The highest BCUT2D eigenvalue weighted by atomic mass is 16.5. The normalized spacial score (nSPS) is 18.1. The van der Waals surface area contributed by atoms with Crippen molar-refractivity contribution in [2.45, 2.75) is 52.6 Å². The predicted molar refractivity (Wildman–Crippen MR) is 65.3 cm³/mol. The number of hydrogen-bond acceptors (Lipinski definition) is 2. The van der Waals surface area contributed by atoms with Gasteiger partial charge in [0.05, 0.1) is 6.10 Å². The van der Waals surface area contributed by atoms with Crippen LogP contribution in [0.2, 0.25) is 0 Å². The molecule has 3 nitrogen and oxygen atoms in total. The van der Waals surface area contributed by atoms with Crippen molar-refractivity contribution in [3.63, 3.8) is 0 Å². The van der Waals surface area contributed by atoms with Crippen LogP contribution in [0, 0.1) is 5.92 Å². The van der Waals surface area contributed by atoms with Gasteiger partial charge in [-0.15, -0.1) is 0 Å². The second-order valence-corrected chi connectivity index (χ2v) is 5.11. The summed E-state index contributed by atoms with van der Waals surface area (Å²) in [5.74, 6) is 0.960. The van der Waals surface area contributed by atoms with Gasteiger partial charge in [-0.25, -0.2) is 0 Å². The Hall–Kier alpha value is -0.570. The molecule has 0 saturated carbocycles. The van der Waals surface area contributed by atoms with Gasteiger partial charge < -0.3 is 9.64 Å². The van der Waals surface area contributed by atoms with E-state index in [2.05, 4.69) is 13.8 Å². The summed E-state index contributed by atoms with van der Waals surface area (Å²) in [5, 5.41) is 0. The zero-order chi connectivity index (χ0) is 12.0. The number of piperidine rings is 1. The third kappa shape index (κ3) is 4.97. The number of nitrogens with zero attached hydrogens (tertiary/aromatic N) is 1. The van der Waals surface area contributed by atoms with Crippen LogP contribution in [0.15, 0.2) is 0 Å². The van der Waals surface area contributed by atoms with Gasteiger partial charge in [-0.3, -0.25) is 4.79 Å². The molecule has 1 amide bonds. The molecule has 94 valence electrons. The molecule has 0 aromatic carbocycles. The van der Waals surface area contributed by atoms with Crippen molar-refractivity contribution in [1.82, 2.24) is 4.90 Å². The molecule has 16 heavy (non-hydrogen) atoms. The lowest BCUT2D eigenvalue weighted by Crippen LogP contribution is -2.39. The maximum atomic E-state index is 11.1. The van der Waals surface area contributed by atoms with E-state index in [9.17, 15) is 4.79 Å². The van der Waals surface area contributed by atoms with Crippen LogP contribution in [0.5, 0.6) is 0 Å². The molecule has 0 unspecified atom stereocenters. The van der Waals surface area contributed by atoms with Crippen molar-refractivity contribution >= 4 is 5.91 Å². The summed E-state index contributed by atoms with van der Waals surface area (Å²) in [5.41, 5.74) is 0. The summed E-state index contributed by atoms with van der Waals surface area (Å²) in [7, 11) is 0. The van der Waals surface area contributed by atoms with E-state index in [0.717, 1.165) is 44.9 Å². The first-order chi connectivity index (χ1) is 7.59. The van der Waals surface area contributed by atoms with Crippen LogP contribution in [0.25, 0.3) is 0 Å². The first-order valence-electron chi connectivity index (χ1n) is 6.46. The summed E-state index contributed by atoms with van der Waals surface area (Å²) in [4.78, 5) is 13.0. The Morgan fingerprint density at radius 1 is 1.38 bits per heavy atom. The van der Waals surface area contributed by atoms with Crippen LogP contribution in [0.1, 0.15) is 46.5 Å². The van der Waals surface area contributed by atoms with Gasteiger partial charge in [0, 0.05) is 26.6 Å². The first-order valence-corrected chi connectivity index (χ1v) is 6.46. The Morgan fingerprint density at radius 3 is 2.50 bits per heavy atom. The Labute approximate surface area is 99.1 Å².